The first-order valence-corrected chi connectivity index (χ1v) is 3.92. The molecule has 0 aliphatic carbocycles. The number of halogens is 1. The van der Waals surface area contributed by atoms with Crippen LogP contribution in [0.15, 0.2) is 4.79 Å². The van der Waals surface area contributed by atoms with Gasteiger partial charge in [0, 0.05) is 9.13 Å². The van der Waals surface area contributed by atoms with E-state index in [1.165, 1.54) is 0 Å². The van der Waals surface area contributed by atoms with Crippen molar-refractivity contribution in [2.24, 2.45) is 0 Å². The third-order valence-electron chi connectivity index (χ3n) is 1.31. The van der Waals surface area contributed by atoms with Gasteiger partial charge in [-0.25, -0.2) is 5.10 Å². The molecule has 0 unspecified atom stereocenters. The molecule has 1 aromatic rings. The van der Waals surface area contributed by atoms with Gasteiger partial charge in [-0.2, -0.15) is 5.10 Å². The lowest BCUT2D eigenvalue weighted by molar-refractivity contribution is 0.917. The van der Waals surface area contributed by atoms with Gasteiger partial charge in [0.15, 0.2) is 0 Å². The van der Waals surface area contributed by atoms with E-state index in [0.717, 1.165) is 14.8 Å². The molecule has 0 fully saturated rings. The van der Waals surface area contributed by atoms with Gasteiger partial charge in [0.2, 0.25) is 0 Å². The Morgan fingerprint density at radius 1 is 1.50 bits per heavy atom. The number of aromatic nitrogens is 2. The molecule has 0 saturated carbocycles. The van der Waals surface area contributed by atoms with Gasteiger partial charge in [0.25, 0.3) is 5.56 Å². The summed E-state index contributed by atoms with van der Waals surface area (Å²) in [6.45, 7) is 3.65. The lowest BCUT2D eigenvalue weighted by Crippen LogP contribution is -2.14. The van der Waals surface area contributed by atoms with Crippen LogP contribution in [-0.4, -0.2) is 10.2 Å². The molecule has 0 aromatic carbocycles. The van der Waals surface area contributed by atoms with Crippen LogP contribution in [0.4, 0.5) is 0 Å². The van der Waals surface area contributed by atoms with E-state index < -0.39 is 0 Å². The Morgan fingerprint density at radius 3 is 2.60 bits per heavy atom. The topological polar surface area (TPSA) is 45.8 Å². The number of hydrogen-bond donors (Lipinski definition) is 1. The summed E-state index contributed by atoms with van der Waals surface area (Å²) in [5, 5.41) is 6.19. The average molecular weight is 250 g/mol. The summed E-state index contributed by atoms with van der Waals surface area (Å²) in [6.07, 6.45) is 0. The number of aryl methyl sites for hydroxylation is 1. The first-order chi connectivity index (χ1) is 4.63. The summed E-state index contributed by atoms with van der Waals surface area (Å²) in [7, 11) is 0. The smallest absolute Gasteiger partial charge is 0.268 e. The average Bonchev–Trinajstić information content (AvgIpc) is 1.93. The number of H-pyrrole nitrogens is 1. The second-order valence-corrected chi connectivity index (χ2v) is 3.16. The van der Waals surface area contributed by atoms with Crippen LogP contribution in [0.25, 0.3) is 0 Å². The standard InChI is InChI=1S/C6H7IN2O/c1-3-5(7)4(2)8-9-6(3)10/h1-2H3,(H,9,10). The Morgan fingerprint density at radius 2 is 2.10 bits per heavy atom. The van der Waals surface area contributed by atoms with Crippen LogP contribution in [0.2, 0.25) is 0 Å². The molecular weight excluding hydrogens is 243 g/mol. The van der Waals surface area contributed by atoms with Gasteiger partial charge in [0.1, 0.15) is 0 Å². The monoisotopic (exact) mass is 250 g/mol. The normalized spacial score (nSPS) is 9.90. The fourth-order valence-corrected chi connectivity index (χ4v) is 1.00. The van der Waals surface area contributed by atoms with E-state index in [9.17, 15) is 4.79 Å². The van der Waals surface area contributed by atoms with Gasteiger partial charge in [-0.3, -0.25) is 4.79 Å². The van der Waals surface area contributed by atoms with Crippen molar-refractivity contribution in [1.29, 1.82) is 0 Å². The Balaban J connectivity index is 3.49. The lowest BCUT2D eigenvalue weighted by atomic mass is 10.3. The molecule has 0 aliphatic heterocycles. The molecule has 1 heterocycles. The Bertz CT molecular complexity index is 305. The zero-order valence-electron chi connectivity index (χ0n) is 5.73. The highest BCUT2D eigenvalue weighted by Gasteiger charge is 2.01. The maximum Gasteiger partial charge on any atom is 0.268 e. The number of nitrogens with one attached hydrogen (secondary N) is 1. The molecule has 0 spiro atoms. The van der Waals surface area contributed by atoms with Crippen LogP contribution in [0.5, 0.6) is 0 Å². The Kier molecular flexibility index (Phi) is 2.08. The van der Waals surface area contributed by atoms with Gasteiger partial charge in [-0.1, -0.05) is 0 Å². The molecule has 10 heavy (non-hydrogen) atoms. The van der Waals surface area contributed by atoms with Crippen molar-refractivity contribution in [3.63, 3.8) is 0 Å². The highest BCUT2D eigenvalue weighted by Crippen LogP contribution is 2.07. The lowest BCUT2D eigenvalue weighted by Gasteiger charge is -1.97. The molecule has 0 atom stereocenters. The van der Waals surface area contributed by atoms with E-state index >= 15 is 0 Å². The molecule has 0 bridgehead atoms. The molecule has 4 heteroatoms. The highest BCUT2D eigenvalue weighted by molar-refractivity contribution is 14.1. The number of nitrogens with zero attached hydrogens (tertiary/aromatic N) is 1. The van der Waals surface area contributed by atoms with Crippen molar-refractivity contribution < 1.29 is 0 Å². The van der Waals surface area contributed by atoms with Crippen LogP contribution in [0, 0.1) is 17.4 Å². The Hall–Kier alpha value is -0.390. The van der Waals surface area contributed by atoms with Gasteiger partial charge >= 0.3 is 0 Å². The van der Waals surface area contributed by atoms with Crippen molar-refractivity contribution in [3.8, 4) is 0 Å². The summed E-state index contributed by atoms with van der Waals surface area (Å²) in [6, 6.07) is 0. The SMILES string of the molecule is Cc1n[nH]c(=O)c(C)c1I. The van der Waals surface area contributed by atoms with E-state index in [1.807, 2.05) is 6.92 Å². The predicted molar refractivity (Wildman–Crippen MR) is 47.0 cm³/mol. The third kappa shape index (κ3) is 1.21. The molecule has 1 N–H and O–H groups in total. The maximum atomic E-state index is 10.9. The van der Waals surface area contributed by atoms with Crippen molar-refractivity contribution in [3.05, 3.63) is 25.2 Å². The molecule has 54 valence electrons. The molecule has 0 radical (unpaired) electrons. The van der Waals surface area contributed by atoms with E-state index in [1.54, 1.807) is 6.92 Å². The van der Waals surface area contributed by atoms with Crippen LogP contribution in [-0.2, 0) is 0 Å². The number of aromatic amines is 1. The largest absolute Gasteiger partial charge is 0.268 e. The zero-order chi connectivity index (χ0) is 7.72. The van der Waals surface area contributed by atoms with Gasteiger partial charge in [-0.15, -0.1) is 0 Å². The second kappa shape index (κ2) is 2.69. The second-order valence-electron chi connectivity index (χ2n) is 2.08. The molecule has 1 rings (SSSR count). The van der Waals surface area contributed by atoms with Gasteiger partial charge in [-0.05, 0) is 36.4 Å². The minimum atomic E-state index is -0.102. The first kappa shape index (κ1) is 7.71. The number of hydrogen-bond acceptors (Lipinski definition) is 2. The zero-order valence-corrected chi connectivity index (χ0v) is 7.89. The molecule has 0 amide bonds. The van der Waals surface area contributed by atoms with Crippen LogP contribution in [0.3, 0.4) is 0 Å². The van der Waals surface area contributed by atoms with Gasteiger partial charge < -0.3 is 0 Å². The summed E-state index contributed by atoms with van der Waals surface area (Å²) in [5.74, 6) is 0. The van der Waals surface area contributed by atoms with Crippen molar-refractivity contribution in [1.82, 2.24) is 10.2 Å². The third-order valence-corrected chi connectivity index (χ3v) is 2.90. The van der Waals surface area contributed by atoms with Crippen LogP contribution in [0.1, 0.15) is 11.3 Å². The molecule has 3 nitrogen and oxygen atoms in total. The summed E-state index contributed by atoms with van der Waals surface area (Å²) in [5.41, 5.74) is 1.51. The van der Waals surface area contributed by atoms with E-state index in [-0.39, 0.29) is 5.56 Å². The summed E-state index contributed by atoms with van der Waals surface area (Å²) < 4.78 is 0.946. The predicted octanol–water partition coefficient (Wildman–Crippen LogP) is 0.991. The first-order valence-electron chi connectivity index (χ1n) is 2.84. The minimum Gasteiger partial charge on any atom is -0.268 e. The maximum absolute atomic E-state index is 10.9. The molecule has 1 aromatic heterocycles. The van der Waals surface area contributed by atoms with E-state index in [4.69, 9.17) is 0 Å². The van der Waals surface area contributed by atoms with Crippen molar-refractivity contribution in [2.75, 3.05) is 0 Å². The van der Waals surface area contributed by atoms with Gasteiger partial charge in [0.05, 0.1) is 5.69 Å². The Labute approximate surface area is 72.0 Å². The summed E-state index contributed by atoms with van der Waals surface area (Å²) >= 11 is 2.11. The van der Waals surface area contributed by atoms with Crippen molar-refractivity contribution >= 4 is 22.6 Å². The highest BCUT2D eigenvalue weighted by atomic mass is 127. The number of rotatable bonds is 0. The quantitative estimate of drug-likeness (QED) is 0.698. The fraction of sp³-hybridized carbons (Fsp3) is 0.333. The summed E-state index contributed by atoms with van der Waals surface area (Å²) in [4.78, 5) is 10.9. The fourth-order valence-electron chi connectivity index (χ4n) is 0.639. The van der Waals surface area contributed by atoms with E-state index in [2.05, 4.69) is 32.8 Å². The minimum absolute atomic E-state index is 0.102. The molecule has 0 aliphatic rings. The molecule has 0 saturated heterocycles. The molecular formula is C6H7IN2O. The van der Waals surface area contributed by atoms with Crippen LogP contribution >= 0.6 is 22.6 Å². The van der Waals surface area contributed by atoms with E-state index in [0.29, 0.717) is 0 Å². The van der Waals surface area contributed by atoms with Crippen molar-refractivity contribution in [2.45, 2.75) is 13.8 Å². The van der Waals surface area contributed by atoms with Crippen LogP contribution < -0.4 is 5.56 Å².